The van der Waals surface area contributed by atoms with Crippen LogP contribution >= 0.6 is 0 Å². The zero-order valence-electron chi connectivity index (χ0n) is 12.6. The third kappa shape index (κ3) is 3.99. The van der Waals surface area contributed by atoms with Crippen LogP contribution in [0.5, 0.6) is 5.75 Å². The lowest BCUT2D eigenvalue weighted by molar-refractivity contribution is 0.251. The second kappa shape index (κ2) is 6.79. The molecule has 0 aliphatic rings. The van der Waals surface area contributed by atoms with Crippen LogP contribution in [0.2, 0.25) is 0 Å². The zero-order valence-corrected chi connectivity index (χ0v) is 12.6. The highest BCUT2D eigenvalue weighted by atomic mass is 16.5. The van der Waals surface area contributed by atoms with Crippen LogP contribution in [0.25, 0.3) is 0 Å². The summed E-state index contributed by atoms with van der Waals surface area (Å²) in [5.74, 6) is 0.645. The molecule has 2 aromatic rings. The summed E-state index contributed by atoms with van der Waals surface area (Å²) in [5.41, 5.74) is 3.99. The Morgan fingerprint density at radius 2 is 1.90 bits per heavy atom. The molecular formula is C17H20N2O2. The van der Waals surface area contributed by atoms with Crippen LogP contribution < -0.4 is 15.4 Å². The average Bonchev–Trinajstić information content (AvgIpc) is 2.47. The number of rotatable bonds is 4. The highest BCUT2D eigenvalue weighted by molar-refractivity contribution is 5.91. The fourth-order valence-corrected chi connectivity index (χ4v) is 2.07. The van der Waals surface area contributed by atoms with Crippen LogP contribution in [0.4, 0.5) is 10.5 Å². The summed E-state index contributed by atoms with van der Waals surface area (Å²) in [7, 11) is 1.58. The van der Waals surface area contributed by atoms with E-state index < -0.39 is 0 Å². The van der Waals surface area contributed by atoms with Crippen LogP contribution in [0.15, 0.2) is 42.5 Å². The van der Waals surface area contributed by atoms with Gasteiger partial charge in [-0.15, -0.1) is 0 Å². The van der Waals surface area contributed by atoms with Crippen LogP contribution in [0, 0.1) is 13.8 Å². The molecule has 2 rings (SSSR count). The van der Waals surface area contributed by atoms with Gasteiger partial charge in [0.25, 0.3) is 0 Å². The lowest BCUT2D eigenvalue weighted by atomic mass is 10.1. The van der Waals surface area contributed by atoms with Gasteiger partial charge in [-0.1, -0.05) is 30.3 Å². The minimum absolute atomic E-state index is 0.248. The standard InChI is InChI=1S/C17H20N2O2/c1-12-8-9-16(21-3)15(10-12)19-17(20)18-11-14-7-5-4-6-13(14)2/h4-10H,11H2,1-3H3,(H2,18,19,20). The van der Waals surface area contributed by atoms with Crippen molar-refractivity contribution >= 4 is 11.7 Å². The Hall–Kier alpha value is -2.49. The van der Waals surface area contributed by atoms with E-state index in [4.69, 9.17) is 4.74 Å². The topological polar surface area (TPSA) is 50.4 Å². The Bertz CT molecular complexity index is 638. The second-order valence-electron chi connectivity index (χ2n) is 4.94. The Labute approximate surface area is 125 Å². The quantitative estimate of drug-likeness (QED) is 0.900. The lowest BCUT2D eigenvalue weighted by Crippen LogP contribution is -2.28. The minimum Gasteiger partial charge on any atom is -0.495 e. The number of hydrogen-bond acceptors (Lipinski definition) is 2. The third-order valence-corrected chi connectivity index (χ3v) is 3.30. The lowest BCUT2D eigenvalue weighted by Gasteiger charge is -2.12. The second-order valence-corrected chi connectivity index (χ2v) is 4.94. The summed E-state index contributed by atoms with van der Waals surface area (Å²) in [6.07, 6.45) is 0. The number of ether oxygens (including phenoxy) is 1. The Kier molecular flexibility index (Phi) is 4.82. The number of aryl methyl sites for hydroxylation is 2. The molecule has 2 aromatic carbocycles. The molecule has 21 heavy (non-hydrogen) atoms. The molecule has 0 saturated heterocycles. The molecule has 0 aliphatic carbocycles. The molecule has 0 radical (unpaired) electrons. The molecule has 0 aliphatic heterocycles. The van der Waals surface area contributed by atoms with Crippen LogP contribution in [0.1, 0.15) is 16.7 Å². The number of methoxy groups -OCH3 is 1. The number of anilines is 1. The first-order valence-corrected chi connectivity index (χ1v) is 6.84. The fourth-order valence-electron chi connectivity index (χ4n) is 2.07. The first-order chi connectivity index (χ1) is 10.1. The molecule has 4 heteroatoms. The van der Waals surface area contributed by atoms with Crippen LogP contribution in [0.3, 0.4) is 0 Å². The first-order valence-electron chi connectivity index (χ1n) is 6.84. The van der Waals surface area contributed by atoms with Gasteiger partial charge in [-0.2, -0.15) is 0 Å². The number of urea groups is 1. The van der Waals surface area contributed by atoms with Gasteiger partial charge in [-0.25, -0.2) is 4.79 Å². The predicted molar refractivity (Wildman–Crippen MR) is 84.8 cm³/mol. The molecule has 0 fully saturated rings. The van der Waals surface area contributed by atoms with Gasteiger partial charge in [-0.3, -0.25) is 0 Å². The van der Waals surface area contributed by atoms with Crippen molar-refractivity contribution in [2.24, 2.45) is 0 Å². The van der Waals surface area contributed by atoms with E-state index in [2.05, 4.69) is 10.6 Å². The molecule has 0 spiro atoms. The zero-order chi connectivity index (χ0) is 15.2. The van der Waals surface area contributed by atoms with E-state index in [1.54, 1.807) is 7.11 Å². The smallest absolute Gasteiger partial charge is 0.319 e. The van der Waals surface area contributed by atoms with Gasteiger partial charge in [0.05, 0.1) is 12.8 Å². The van der Waals surface area contributed by atoms with Gasteiger partial charge in [0, 0.05) is 6.54 Å². The SMILES string of the molecule is COc1ccc(C)cc1NC(=O)NCc1ccccc1C. The highest BCUT2D eigenvalue weighted by Crippen LogP contribution is 2.24. The van der Waals surface area contributed by atoms with Gasteiger partial charge in [-0.05, 0) is 42.7 Å². The summed E-state index contributed by atoms with van der Waals surface area (Å²) in [4.78, 5) is 12.0. The van der Waals surface area contributed by atoms with Crippen molar-refractivity contribution in [1.29, 1.82) is 0 Å². The van der Waals surface area contributed by atoms with Gasteiger partial charge in [0.1, 0.15) is 5.75 Å². The molecule has 4 nitrogen and oxygen atoms in total. The predicted octanol–water partition coefficient (Wildman–Crippen LogP) is 3.63. The van der Waals surface area contributed by atoms with Crippen molar-refractivity contribution in [3.8, 4) is 5.75 Å². The van der Waals surface area contributed by atoms with Crippen LogP contribution in [-0.2, 0) is 6.54 Å². The molecule has 110 valence electrons. The molecule has 0 heterocycles. The summed E-state index contributed by atoms with van der Waals surface area (Å²) in [6.45, 7) is 4.49. The maximum atomic E-state index is 12.0. The van der Waals surface area contributed by atoms with E-state index in [-0.39, 0.29) is 6.03 Å². The molecule has 2 amide bonds. The van der Waals surface area contributed by atoms with E-state index in [1.165, 1.54) is 0 Å². The van der Waals surface area contributed by atoms with Crippen molar-refractivity contribution < 1.29 is 9.53 Å². The van der Waals surface area contributed by atoms with E-state index >= 15 is 0 Å². The fraction of sp³-hybridized carbons (Fsp3) is 0.235. The normalized spacial score (nSPS) is 10.0. The third-order valence-electron chi connectivity index (χ3n) is 3.30. The van der Waals surface area contributed by atoms with Crippen molar-refractivity contribution in [2.75, 3.05) is 12.4 Å². The maximum Gasteiger partial charge on any atom is 0.319 e. The van der Waals surface area contributed by atoms with Gasteiger partial charge in [0.15, 0.2) is 0 Å². The number of hydrogen-bond donors (Lipinski definition) is 2. The summed E-state index contributed by atoms with van der Waals surface area (Å²) >= 11 is 0. The molecule has 0 atom stereocenters. The monoisotopic (exact) mass is 284 g/mol. The maximum absolute atomic E-state index is 12.0. The summed E-state index contributed by atoms with van der Waals surface area (Å²) in [6, 6.07) is 13.4. The molecule has 0 aromatic heterocycles. The Morgan fingerprint density at radius 3 is 2.62 bits per heavy atom. The Balaban J connectivity index is 1.99. The number of benzene rings is 2. The number of carbonyl (C=O) groups is 1. The van der Waals surface area contributed by atoms with Crippen molar-refractivity contribution in [2.45, 2.75) is 20.4 Å². The molecular weight excluding hydrogens is 264 g/mol. The molecule has 0 unspecified atom stereocenters. The molecule has 0 bridgehead atoms. The van der Waals surface area contributed by atoms with E-state index in [9.17, 15) is 4.79 Å². The van der Waals surface area contributed by atoms with E-state index in [0.717, 1.165) is 16.7 Å². The van der Waals surface area contributed by atoms with Crippen LogP contribution in [-0.4, -0.2) is 13.1 Å². The largest absolute Gasteiger partial charge is 0.495 e. The Morgan fingerprint density at radius 1 is 1.14 bits per heavy atom. The highest BCUT2D eigenvalue weighted by Gasteiger charge is 2.07. The van der Waals surface area contributed by atoms with Gasteiger partial charge >= 0.3 is 6.03 Å². The molecule has 0 saturated carbocycles. The number of carbonyl (C=O) groups excluding carboxylic acids is 1. The first kappa shape index (κ1) is 14.9. The van der Waals surface area contributed by atoms with Crippen molar-refractivity contribution in [3.05, 3.63) is 59.2 Å². The number of nitrogens with one attached hydrogen (secondary N) is 2. The van der Waals surface area contributed by atoms with Gasteiger partial charge < -0.3 is 15.4 Å². The van der Waals surface area contributed by atoms with E-state index in [0.29, 0.717) is 18.0 Å². The molecule has 2 N–H and O–H groups in total. The summed E-state index contributed by atoms with van der Waals surface area (Å²) in [5, 5.41) is 5.67. The van der Waals surface area contributed by atoms with E-state index in [1.807, 2.05) is 56.3 Å². The van der Waals surface area contributed by atoms with Crippen molar-refractivity contribution in [1.82, 2.24) is 5.32 Å². The summed E-state index contributed by atoms with van der Waals surface area (Å²) < 4.78 is 5.24. The average molecular weight is 284 g/mol. The van der Waals surface area contributed by atoms with Gasteiger partial charge in [0.2, 0.25) is 0 Å². The minimum atomic E-state index is -0.248. The van der Waals surface area contributed by atoms with Crippen molar-refractivity contribution in [3.63, 3.8) is 0 Å². The number of amides is 2.